The van der Waals surface area contributed by atoms with Gasteiger partial charge in [0.1, 0.15) is 24.9 Å². The molecule has 1 aromatic rings. The number of aromatic nitrogens is 2. The van der Waals surface area contributed by atoms with E-state index in [4.69, 9.17) is 19.4 Å². The summed E-state index contributed by atoms with van der Waals surface area (Å²) in [5, 5.41) is 29.2. The SMILES string of the molecule is COCC1(C(=O)OC[C@H]2O[C@@H](n3ccc(NO)nc3=O)[C@H](O)[C@@H]2O)CCC1. The lowest BCUT2D eigenvalue weighted by Crippen LogP contribution is -2.44. The summed E-state index contributed by atoms with van der Waals surface area (Å²) >= 11 is 0. The summed E-state index contributed by atoms with van der Waals surface area (Å²) in [7, 11) is 1.52. The zero-order valence-corrected chi connectivity index (χ0v) is 14.8. The Hall–Kier alpha value is -2.05. The first kappa shape index (κ1) is 19.7. The second-order valence-corrected chi connectivity index (χ2v) is 6.83. The topological polar surface area (TPSA) is 152 Å². The number of nitrogens with one attached hydrogen (secondary N) is 1. The Kier molecular flexibility index (Phi) is 5.77. The summed E-state index contributed by atoms with van der Waals surface area (Å²) in [6, 6.07) is 1.29. The summed E-state index contributed by atoms with van der Waals surface area (Å²) in [6.07, 6.45) is -1.47. The van der Waals surface area contributed by atoms with Crippen LogP contribution >= 0.6 is 0 Å². The molecule has 0 radical (unpaired) electrons. The molecule has 4 N–H and O–H groups in total. The molecule has 1 saturated carbocycles. The van der Waals surface area contributed by atoms with Crippen molar-refractivity contribution in [2.24, 2.45) is 5.41 Å². The fraction of sp³-hybridized carbons (Fsp3) is 0.688. The molecule has 11 heteroatoms. The average molecular weight is 385 g/mol. The third kappa shape index (κ3) is 3.69. The maximum Gasteiger partial charge on any atom is 0.351 e. The number of aliphatic hydroxyl groups is 2. The molecule has 0 unspecified atom stereocenters. The normalized spacial score (nSPS) is 29.2. The molecule has 1 aromatic heterocycles. The monoisotopic (exact) mass is 385 g/mol. The van der Waals surface area contributed by atoms with Crippen molar-refractivity contribution >= 4 is 11.8 Å². The maximum atomic E-state index is 12.4. The Bertz CT molecular complexity index is 735. The molecule has 4 atom stereocenters. The van der Waals surface area contributed by atoms with Gasteiger partial charge in [0.2, 0.25) is 0 Å². The van der Waals surface area contributed by atoms with Crippen LogP contribution in [0.5, 0.6) is 0 Å². The van der Waals surface area contributed by atoms with E-state index in [1.54, 1.807) is 5.48 Å². The third-order valence-electron chi connectivity index (χ3n) is 5.10. The van der Waals surface area contributed by atoms with Crippen LogP contribution in [0, 0.1) is 5.41 Å². The number of esters is 1. The van der Waals surface area contributed by atoms with Crippen molar-refractivity contribution in [2.75, 3.05) is 25.8 Å². The minimum atomic E-state index is -1.42. The van der Waals surface area contributed by atoms with Gasteiger partial charge in [0.15, 0.2) is 12.0 Å². The zero-order chi connectivity index (χ0) is 19.6. The Morgan fingerprint density at radius 3 is 2.74 bits per heavy atom. The van der Waals surface area contributed by atoms with E-state index in [1.165, 1.54) is 19.4 Å². The van der Waals surface area contributed by atoms with Gasteiger partial charge < -0.3 is 24.4 Å². The van der Waals surface area contributed by atoms with Gasteiger partial charge in [-0.05, 0) is 18.9 Å². The summed E-state index contributed by atoms with van der Waals surface area (Å²) in [5.74, 6) is -0.500. The molecule has 2 fully saturated rings. The quantitative estimate of drug-likeness (QED) is 0.340. The van der Waals surface area contributed by atoms with Crippen molar-refractivity contribution in [1.29, 1.82) is 0 Å². The predicted octanol–water partition coefficient (Wildman–Crippen LogP) is -0.976. The summed E-state index contributed by atoms with van der Waals surface area (Å²) < 4.78 is 16.9. The second-order valence-electron chi connectivity index (χ2n) is 6.83. The van der Waals surface area contributed by atoms with Crippen LogP contribution in [0.25, 0.3) is 0 Å². The first-order valence-electron chi connectivity index (χ1n) is 8.59. The van der Waals surface area contributed by atoms with Crippen molar-refractivity contribution in [3.05, 3.63) is 22.7 Å². The Balaban J connectivity index is 1.65. The Morgan fingerprint density at radius 1 is 1.44 bits per heavy atom. The van der Waals surface area contributed by atoms with E-state index in [0.29, 0.717) is 12.8 Å². The molecule has 2 heterocycles. The fourth-order valence-corrected chi connectivity index (χ4v) is 3.36. The van der Waals surface area contributed by atoms with E-state index < -0.39 is 41.6 Å². The molecule has 150 valence electrons. The lowest BCUT2D eigenvalue weighted by atomic mass is 9.69. The van der Waals surface area contributed by atoms with Gasteiger partial charge in [-0.3, -0.25) is 20.0 Å². The van der Waals surface area contributed by atoms with E-state index in [9.17, 15) is 19.8 Å². The van der Waals surface area contributed by atoms with Gasteiger partial charge in [-0.1, -0.05) is 6.42 Å². The van der Waals surface area contributed by atoms with E-state index in [1.807, 2.05) is 0 Å². The minimum absolute atomic E-state index is 0.0706. The molecule has 1 aliphatic heterocycles. The molecular formula is C16H23N3O8. The fourth-order valence-electron chi connectivity index (χ4n) is 3.36. The minimum Gasteiger partial charge on any atom is -0.462 e. The van der Waals surface area contributed by atoms with Crippen LogP contribution in [0.15, 0.2) is 17.1 Å². The van der Waals surface area contributed by atoms with Crippen molar-refractivity contribution in [1.82, 2.24) is 9.55 Å². The maximum absolute atomic E-state index is 12.4. The molecule has 0 bridgehead atoms. The van der Waals surface area contributed by atoms with Crippen molar-refractivity contribution < 1.29 is 34.4 Å². The van der Waals surface area contributed by atoms with Gasteiger partial charge in [-0.2, -0.15) is 4.98 Å². The number of anilines is 1. The van der Waals surface area contributed by atoms with Crippen molar-refractivity contribution in [3.8, 4) is 0 Å². The van der Waals surface area contributed by atoms with Gasteiger partial charge in [-0.15, -0.1) is 0 Å². The number of hydrogen-bond donors (Lipinski definition) is 4. The number of carbonyl (C=O) groups excluding carboxylic acids is 1. The Morgan fingerprint density at radius 2 is 2.19 bits per heavy atom. The van der Waals surface area contributed by atoms with Crippen LogP contribution in [0.1, 0.15) is 25.5 Å². The number of hydrogen-bond acceptors (Lipinski definition) is 10. The van der Waals surface area contributed by atoms with Crippen LogP contribution in [-0.2, 0) is 19.0 Å². The molecule has 0 aromatic carbocycles. The highest BCUT2D eigenvalue weighted by Crippen LogP contribution is 2.42. The van der Waals surface area contributed by atoms with Crippen molar-refractivity contribution in [2.45, 2.75) is 43.8 Å². The van der Waals surface area contributed by atoms with Crippen molar-refractivity contribution in [3.63, 3.8) is 0 Å². The molecule has 27 heavy (non-hydrogen) atoms. The van der Waals surface area contributed by atoms with Gasteiger partial charge in [0.05, 0.1) is 12.0 Å². The largest absolute Gasteiger partial charge is 0.462 e. The molecular weight excluding hydrogens is 362 g/mol. The standard InChI is InChI=1S/C16H23N3O8/c1-25-8-16(4-2-5-16)14(22)26-7-9-11(20)12(21)13(27-9)19-6-3-10(18-24)17-15(19)23/h3,6,9,11-13,20-21,24H,2,4-5,7-8H2,1H3,(H,17,18,23)/t9-,11-,12-,13-/m1/s1. The smallest absolute Gasteiger partial charge is 0.351 e. The summed E-state index contributed by atoms with van der Waals surface area (Å²) in [4.78, 5) is 27.9. The molecule has 3 rings (SSSR count). The Labute approximate surface area is 154 Å². The third-order valence-corrected chi connectivity index (χ3v) is 5.10. The van der Waals surface area contributed by atoms with E-state index in [2.05, 4.69) is 4.98 Å². The van der Waals surface area contributed by atoms with E-state index >= 15 is 0 Å². The number of methoxy groups -OCH3 is 1. The lowest BCUT2D eigenvalue weighted by molar-refractivity contribution is -0.172. The van der Waals surface area contributed by atoms with Gasteiger partial charge in [0.25, 0.3) is 0 Å². The molecule has 0 spiro atoms. The van der Waals surface area contributed by atoms with Crippen LogP contribution < -0.4 is 11.2 Å². The van der Waals surface area contributed by atoms with Crippen LogP contribution in [0.4, 0.5) is 5.82 Å². The predicted molar refractivity (Wildman–Crippen MR) is 88.9 cm³/mol. The highest BCUT2D eigenvalue weighted by atomic mass is 16.6. The van der Waals surface area contributed by atoms with Crippen LogP contribution in [0.2, 0.25) is 0 Å². The average Bonchev–Trinajstić information content (AvgIpc) is 2.90. The van der Waals surface area contributed by atoms with Crippen LogP contribution in [0.3, 0.4) is 0 Å². The number of carbonyl (C=O) groups is 1. The number of nitrogens with zero attached hydrogens (tertiary/aromatic N) is 2. The first-order valence-corrected chi connectivity index (χ1v) is 8.59. The van der Waals surface area contributed by atoms with Gasteiger partial charge in [0, 0.05) is 13.3 Å². The van der Waals surface area contributed by atoms with E-state index in [-0.39, 0.29) is 19.0 Å². The highest BCUT2D eigenvalue weighted by molar-refractivity contribution is 5.78. The van der Waals surface area contributed by atoms with Crippen LogP contribution in [-0.4, -0.2) is 69.6 Å². The van der Waals surface area contributed by atoms with E-state index in [0.717, 1.165) is 11.0 Å². The molecule has 11 nitrogen and oxygen atoms in total. The number of rotatable bonds is 7. The summed E-state index contributed by atoms with van der Waals surface area (Å²) in [5.41, 5.74) is 0.280. The summed E-state index contributed by atoms with van der Waals surface area (Å²) in [6.45, 7) is -0.00501. The zero-order valence-electron chi connectivity index (χ0n) is 14.8. The first-order chi connectivity index (χ1) is 12.9. The van der Waals surface area contributed by atoms with Gasteiger partial charge in [-0.25, -0.2) is 4.79 Å². The van der Waals surface area contributed by atoms with Gasteiger partial charge >= 0.3 is 11.7 Å². The second kappa shape index (κ2) is 7.90. The molecule has 1 saturated heterocycles. The number of aliphatic hydroxyl groups excluding tert-OH is 2. The lowest BCUT2D eigenvalue weighted by Gasteiger charge is -2.38. The molecule has 1 aliphatic carbocycles. The molecule has 2 aliphatic rings. The molecule has 0 amide bonds. The highest BCUT2D eigenvalue weighted by Gasteiger charge is 2.48. The number of ether oxygens (including phenoxy) is 3.